The van der Waals surface area contributed by atoms with E-state index in [1.807, 2.05) is 25.3 Å². The molecule has 0 bridgehead atoms. The van der Waals surface area contributed by atoms with E-state index in [1.165, 1.54) is 19.3 Å². The lowest BCUT2D eigenvalue weighted by Crippen LogP contribution is -2.27. The molecule has 2 heterocycles. The van der Waals surface area contributed by atoms with Gasteiger partial charge < -0.3 is 10.0 Å². The van der Waals surface area contributed by atoms with Gasteiger partial charge in [0.05, 0.1) is 6.10 Å². The smallest absolute Gasteiger partial charge is 0.134 e. The summed E-state index contributed by atoms with van der Waals surface area (Å²) >= 11 is 0. The van der Waals surface area contributed by atoms with Gasteiger partial charge in [-0.3, -0.25) is 0 Å². The van der Waals surface area contributed by atoms with Gasteiger partial charge in [0.2, 0.25) is 0 Å². The van der Waals surface area contributed by atoms with Crippen molar-refractivity contribution < 1.29 is 5.11 Å². The highest BCUT2D eigenvalue weighted by Gasteiger charge is 2.36. The first-order valence-corrected chi connectivity index (χ1v) is 7.00. The molecule has 0 radical (unpaired) electrons. The molecule has 3 nitrogen and oxygen atoms in total. The van der Waals surface area contributed by atoms with Gasteiger partial charge in [-0.05, 0) is 37.7 Å². The molecule has 1 aromatic heterocycles. The average molecular weight is 248 g/mol. The molecule has 3 heteroatoms. The molecule has 18 heavy (non-hydrogen) atoms. The molecule has 1 aliphatic heterocycles. The number of pyridine rings is 1. The molecule has 0 amide bonds. The lowest BCUT2D eigenvalue weighted by molar-refractivity contribution is 0.199. The summed E-state index contributed by atoms with van der Waals surface area (Å²) in [6.07, 6.45) is 5.04. The molecular formula is C15H24N2O. The molecule has 0 unspecified atom stereocenters. The van der Waals surface area contributed by atoms with Crippen LogP contribution < -0.4 is 4.90 Å². The first-order chi connectivity index (χ1) is 8.62. The second kappa shape index (κ2) is 5.27. The number of hydrogen-bond acceptors (Lipinski definition) is 3. The van der Waals surface area contributed by atoms with Gasteiger partial charge in [-0.2, -0.15) is 0 Å². The van der Waals surface area contributed by atoms with E-state index in [4.69, 9.17) is 0 Å². The van der Waals surface area contributed by atoms with Gasteiger partial charge in [0.1, 0.15) is 5.82 Å². The van der Waals surface area contributed by atoms with Crippen LogP contribution >= 0.6 is 0 Å². The summed E-state index contributed by atoms with van der Waals surface area (Å²) in [5.41, 5.74) is 1.38. The van der Waals surface area contributed by atoms with Gasteiger partial charge >= 0.3 is 0 Å². The summed E-state index contributed by atoms with van der Waals surface area (Å²) in [5, 5.41) is 9.84. The minimum Gasteiger partial charge on any atom is -0.389 e. The van der Waals surface area contributed by atoms with Crippen molar-refractivity contribution >= 4 is 5.82 Å². The average Bonchev–Trinajstić information content (AvgIpc) is 2.83. The number of anilines is 1. The van der Waals surface area contributed by atoms with Crippen LogP contribution in [0.25, 0.3) is 0 Å². The van der Waals surface area contributed by atoms with E-state index in [9.17, 15) is 5.11 Å². The SMILES string of the molecule is CCC1(CC)CCN(c2ncccc2[C@@H](C)O)C1. The normalized spacial score (nSPS) is 20.1. The highest BCUT2D eigenvalue weighted by molar-refractivity contribution is 5.49. The van der Waals surface area contributed by atoms with E-state index in [-0.39, 0.29) is 0 Å². The van der Waals surface area contributed by atoms with Crippen LogP contribution in [0, 0.1) is 5.41 Å². The van der Waals surface area contributed by atoms with Crippen LogP contribution in [0.3, 0.4) is 0 Å². The maximum Gasteiger partial charge on any atom is 0.134 e. The molecule has 1 fully saturated rings. The molecule has 0 aliphatic carbocycles. The van der Waals surface area contributed by atoms with E-state index >= 15 is 0 Å². The molecule has 1 aliphatic rings. The standard InChI is InChI=1S/C15H24N2O/c1-4-15(5-2)8-10-17(11-15)14-13(12(3)18)7-6-9-16-14/h6-7,9,12,18H,4-5,8,10-11H2,1-3H3/t12-/m1/s1. The minimum atomic E-state index is -0.452. The first kappa shape index (κ1) is 13.3. The van der Waals surface area contributed by atoms with Gasteiger partial charge in [-0.1, -0.05) is 19.9 Å². The van der Waals surface area contributed by atoms with E-state index in [0.29, 0.717) is 5.41 Å². The zero-order chi connectivity index (χ0) is 13.2. The largest absolute Gasteiger partial charge is 0.389 e. The third kappa shape index (κ3) is 2.37. The number of aliphatic hydroxyl groups is 1. The lowest BCUT2D eigenvalue weighted by atomic mass is 9.82. The van der Waals surface area contributed by atoms with Gasteiger partial charge in [-0.15, -0.1) is 0 Å². The zero-order valence-corrected chi connectivity index (χ0v) is 11.7. The molecule has 100 valence electrons. The highest BCUT2D eigenvalue weighted by atomic mass is 16.3. The van der Waals surface area contributed by atoms with Crippen LogP contribution in [-0.2, 0) is 0 Å². The Morgan fingerprint density at radius 1 is 1.44 bits per heavy atom. The number of nitrogens with zero attached hydrogens (tertiary/aromatic N) is 2. The molecule has 2 rings (SSSR count). The molecular weight excluding hydrogens is 224 g/mol. The molecule has 1 saturated heterocycles. The maximum absolute atomic E-state index is 9.84. The number of rotatable bonds is 4. The number of hydrogen-bond donors (Lipinski definition) is 1. The topological polar surface area (TPSA) is 36.4 Å². The van der Waals surface area contributed by atoms with E-state index < -0.39 is 6.10 Å². The monoisotopic (exact) mass is 248 g/mol. The summed E-state index contributed by atoms with van der Waals surface area (Å²) in [5.74, 6) is 0.969. The van der Waals surface area contributed by atoms with Crippen LogP contribution in [0.2, 0.25) is 0 Å². The Kier molecular flexibility index (Phi) is 3.91. The molecule has 1 N–H and O–H groups in total. The Bertz CT molecular complexity index is 399. The quantitative estimate of drug-likeness (QED) is 0.889. The van der Waals surface area contributed by atoms with Gasteiger partial charge in [0.15, 0.2) is 0 Å². The molecule has 0 aromatic carbocycles. The van der Waals surface area contributed by atoms with Gasteiger partial charge in [-0.25, -0.2) is 4.98 Å². The lowest BCUT2D eigenvalue weighted by Gasteiger charge is -2.27. The summed E-state index contributed by atoms with van der Waals surface area (Å²) in [6, 6.07) is 3.87. The molecule has 1 aromatic rings. The fourth-order valence-electron chi connectivity index (χ4n) is 2.94. The van der Waals surface area contributed by atoms with Crippen LogP contribution in [0.15, 0.2) is 18.3 Å². The van der Waals surface area contributed by atoms with E-state index in [2.05, 4.69) is 23.7 Å². The van der Waals surface area contributed by atoms with Crippen LogP contribution in [0.4, 0.5) is 5.82 Å². The second-order valence-electron chi connectivity index (χ2n) is 5.47. The minimum absolute atomic E-state index is 0.438. The van der Waals surface area contributed by atoms with Crippen LogP contribution in [0.5, 0.6) is 0 Å². The third-order valence-electron chi connectivity index (χ3n) is 4.50. The molecule has 0 saturated carbocycles. The maximum atomic E-state index is 9.84. The Labute approximate surface area is 110 Å². The van der Waals surface area contributed by atoms with Crippen molar-refractivity contribution in [3.05, 3.63) is 23.9 Å². The van der Waals surface area contributed by atoms with Crippen molar-refractivity contribution in [2.24, 2.45) is 5.41 Å². The predicted molar refractivity (Wildman–Crippen MR) is 74.7 cm³/mol. The Hall–Kier alpha value is -1.09. The fraction of sp³-hybridized carbons (Fsp3) is 0.667. The van der Waals surface area contributed by atoms with Crippen molar-refractivity contribution in [1.82, 2.24) is 4.98 Å². The highest BCUT2D eigenvalue weighted by Crippen LogP contribution is 2.39. The third-order valence-corrected chi connectivity index (χ3v) is 4.50. The zero-order valence-electron chi connectivity index (χ0n) is 11.7. The Morgan fingerprint density at radius 2 is 2.17 bits per heavy atom. The Morgan fingerprint density at radius 3 is 2.72 bits per heavy atom. The van der Waals surface area contributed by atoms with Crippen LogP contribution in [0.1, 0.15) is 51.7 Å². The molecule has 1 atom stereocenters. The van der Waals surface area contributed by atoms with E-state index in [0.717, 1.165) is 24.5 Å². The van der Waals surface area contributed by atoms with Crippen molar-refractivity contribution in [1.29, 1.82) is 0 Å². The number of aliphatic hydroxyl groups excluding tert-OH is 1. The second-order valence-corrected chi connectivity index (χ2v) is 5.47. The van der Waals surface area contributed by atoms with Crippen LogP contribution in [-0.4, -0.2) is 23.2 Å². The summed E-state index contributed by atoms with van der Waals surface area (Å²) in [4.78, 5) is 6.82. The summed E-state index contributed by atoms with van der Waals surface area (Å²) in [6.45, 7) is 8.49. The van der Waals surface area contributed by atoms with Crippen molar-refractivity contribution in [2.75, 3.05) is 18.0 Å². The van der Waals surface area contributed by atoms with Crippen molar-refractivity contribution in [3.8, 4) is 0 Å². The van der Waals surface area contributed by atoms with Gasteiger partial charge in [0, 0.05) is 24.8 Å². The van der Waals surface area contributed by atoms with Crippen molar-refractivity contribution in [2.45, 2.75) is 46.1 Å². The predicted octanol–water partition coefficient (Wildman–Crippen LogP) is 3.15. The van der Waals surface area contributed by atoms with E-state index in [1.54, 1.807) is 0 Å². The Balaban J connectivity index is 2.24. The van der Waals surface area contributed by atoms with Gasteiger partial charge in [0.25, 0.3) is 0 Å². The number of aromatic nitrogens is 1. The summed E-state index contributed by atoms with van der Waals surface area (Å²) < 4.78 is 0. The molecule has 0 spiro atoms. The fourth-order valence-corrected chi connectivity index (χ4v) is 2.94. The van der Waals surface area contributed by atoms with Crippen molar-refractivity contribution in [3.63, 3.8) is 0 Å². The summed E-state index contributed by atoms with van der Waals surface area (Å²) in [7, 11) is 0. The first-order valence-electron chi connectivity index (χ1n) is 7.00.